The van der Waals surface area contributed by atoms with Crippen molar-refractivity contribution in [3.63, 3.8) is 0 Å². The minimum absolute atomic E-state index is 0.0123. The predicted molar refractivity (Wildman–Crippen MR) is 67.5 cm³/mol. The van der Waals surface area contributed by atoms with Crippen LogP contribution in [0.5, 0.6) is 0 Å². The molecule has 8 heteroatoms. The highest BCUT2D eigenvalue weighted by Gasteiger charge is 2.35. The molecule has 3 N–H and O–H groups in total. The molecule has 0 bridgehead atoms. The van der Waals surface area contributed by atoms with Crippen molar-refractivity contribution < 1.29 is 28.9 Å². The zero-order valence-corrected chi connectivity index (χ0v) is 11.9. The fourth-order valence-corrected chi connectivity index (χ4v) is 3.05. The Balaban J connectivity index is 4.54. The standard InChI is InChI=1S/C10H24NO6P/c1-3-16-18(15,17-4-2)10(14)9-11(5-7-12)6-8-13/h10,12-14H,3-9H2,1-2H3. The Morgan fingerprint density at radius 2 is 1.56 bits per heavy atom. The lowest BCUT2D eigenvalue weighted by Gasteiger charge is -2.27. The predicted octanol–water partition coefficient (Wildman–Crippen LogP) is -0.143. The highest BCUT2D eigenvalue weighted by atomic mass is 31.2. The zero-order chi connectivity index (χ0) is 14.0. The Hall–Kier alpha value is -0.0100. The molecule has 0 amide bonds. The van der Waals surface area contributed by atoms with Crippen molar-refractivity contribution in [1.29, 1.82) is 0 Å². The lowest BCUT2D eigenvalue weighted by atomic mass is 10.4. The first-order valence-corrected chi connectivity index (χ1v) is 7.66. The van der Waals surface area contributed by atoms with E-state index in [9.17, 15) is 9.67 Å². The first kappa shape index (κ1) is 18.0. The van der Waals surface area contributed by atoms with E-state index in [1.165, 1.54) is 0 Å². The molecule has 7 nitrogen and oxygen atoms in total. The molecule has 18 heavy (non-hydrogen) atoms. The molecule has 1 atom stereocenters. The Labute approximate surface area is 108 Å². The number of rotatable bonds is 11. The second-order valence-corrected chi connectivity index (χ2v) is 5.80. The third-order valence-electron chi connectivity index (χ3n) is 2.24. The summed E-state index contributed by atoms with van der Waals surface area (Å²) in [5.41, 5.74) is 0. The minimum atomic E-state index is -3.56. The van der Waals surface area contributed by atoms with Crippen LogP contribution < -0.4 is 0 Å². The maximum Gasteiger partial charge on any atom is 0.360 e. The molecule has 0 radical (unpaired) electrons. The summed E-state index contributed by atoms with van der Waals surface area (Å²) in [6.45, 7) is 4.02. The molecule has 0 saturated heterocycles. The van der Waals surface area contributed by atoms with Crippen LogP contribution in [0.2, 0.25) is 0 Å². The first-order chi connectivity index (χ1) is 8.53. The van der Waals surface area contributed by atoms with E-state index in [4.69, 9.17) is 19.3 Å². The molecule has 0 rings (SSSR count). The molecule has 0 saturated carbocycles. The molecular formula is C10H24NO6P. The minimum Gasteiger partial charge on any atom is -0.395 e. The van der Waals surface area contributed by atoms with Gasteiger partial charge in [-0.3, -0.25) is 9.46 Å². The van der Waals surface area contributed by atoms with E-state index in [0.29, 0.717) is 0 Å². The largest absolute Gasteiger partial charge is 0.395 e. The third-order valence-corrected chi connectivity index (χ3v) is 4.37. The third kappa shape index (κ3) is 6.24. The molecule has 0 fully saturated rings. The molecule has 0 aliphatic rings. The van der Waals surface area contributed by atoms with E-state index in [2.05, 4.69) is 0 Å². The van der Waals surface area contributed by atoms with Gasteiger partial charge in [0.1, 0.15) is 0 Å². The molecule has 1 unspecified atom stereocenters. The summed E-state index contributed by atoms with van der Waals surface area (Å²) in [6, 6.07) is 0. The molecular weight excluding hydrogens is 261 g/mol. The zero-order valence-electron chi connectivity index (χ0n) is 11.0. The highest BCUT2D eigenvalue weighted by molar-refractivity contribution is 7.54. The molecule has 0 spiro atoms. The van der Waals surface area contributed by atoms with E-state index in [-0.39, 0.29) is 46.1 Å². The van der Waals surface area contributed by atoms with Crippen LogP contribution in [0.25, 0.3) is 0 Å². The van der Waals surface area contributed by atoms with Crippen LogP contribution in [0.15, 0.2) is 0 Å². The van der Waals surface area contributed by atoms with Gasteiger partial charge in [-0.15, -0.1) is 0 Å². The Morgan fingerprint density at radius 1 is 1.11 bits per heavy atom. The normalized spacial score (nSPS) is 14.1. The summed E-state index contributed by atoms with van der Waals surface area (Å²) in [5.74, 6) is -1.30. The van der Waals surface area contributed by atoms with Gasteiger partial charge in [0.25, 0.3) is 0 Å². The fraction of sp³-hybridized carbons (Fsp3) is 1.00. The van der Waals surface area contributed by atoms with Crippen LogP contribution in [0.4, 0.5) is 0 Å². The molecule has 0 aromatic heterocycles. The smallest absolute Gasteiger partial charge is 0.360 e. The van der Waals surface area contributed by atoms with E-state index in [1.54, 1.807) is 18.7 Å². The second-order valence-electron chi connectivity index (χ2n) is 3.60. The molecule has 0 aromatic rings. The van der Waals surface area contributed by atoms with Gasteiger partial charge < -0.3 is 24.4 Å². The molecule has 0 aliphatic heterocycles. The molecule has 110 valence electrons. The van der Waals surface area contributed by atoms with Crippen LogP contribution in [0.3, 0.4) is 0 Å². The van der Waals surface area contributed by atoms with E-state index < -0.39 is 13.4 Å². The Bertz CT molecular complexity index is 237. The quantitative estimate of drug-likeness (QED) is 0.454. The highest BCUT2D eigenvalue weighted by Crippen LogP contribution is 2.52. The van der Waals surface area contributed by atoms with Crippen LogP contribution in [-0.4, -0.2) is 72.1 Å². The SMILES string of the molecule is CCOP(=O)(OCC)C(O)CN(CCO)CCO. The summed E-state index contributed by atoms with van der Waals surface area (Å²) in [7, 11) is -3.56. The van der Waals surface area contributed by atoms with Crippen molar-refractivity contribution in [2.24, 2.45) is 0 Å². The van der Waals surface area contributed by atoms with Crippen LogP contribution >= 0.6 is 7.60 Å². The van der Waals surface area contributed by atoms with E-state index >= 15 is 0 Å². The van der Waals surface area contributed by atoms with Crippen molar-refractivity contribution in [2.75, 3.05) is 46.1 Å². The molecule has 0 heterocycles. The lowest BCUT2D eigenvalue weighted by Crippen LogP contribution is -2.37. The van der Waals surface area contributed by atoms with Gasteiger partial charge >= 0.3 is 7.60 Å². The topological polar surface area (TPSA) is 99.5 Å². The summed E-state index contributed by atoms with van der Waals surface area (Å²) >= 11 is 0. The van der Waals surface area contributed by atoms with Gasteiger partial charge in [0, 0.05) is 19.6 Å². The molecule has 0 aliphatic carbocycles. The Kier molecular flexibility index (Phi) is 9.85. The number of aliphatic hydroxyl groups excluding tert-OH is 3. The second kappa shape index (κ2) is 9.86. The van der Waals surface area contributed by atoms with E-state index in [0.717, 1.165) is 0 Å². The summed E-state index contributed by atoms with van der Waals surface area (Å²) in [6.07, 6.45) is 0. The molecule has 0 aromatic carbocycles. The van der Waals surface area contributed by atoms with Crippen molar-refractivity contribution in [3.05, 3.63) is 0 Å². The van der Waals surface area contributed by atoms with Gasteiger partial charge in [-0.05, 0) is 13.8 Å². The number of nitrogens with zero attached hydrogens (tertiary/aromatic N) is 1. The van der Waals surface area contributed by atoms with Crippen LogP contribution in [-0.2, 0) is 13.6 Å². The van der Waals surface area contributed by atoms with Gasteiger partial charge in [-0.25, -0.2) is 0 Å². The van der Waals surface area contributed by atoms with Gasteiger partial charge in [-0.2, -0.15) is 0 Å². The fourth-order valence-electron chi connectivity index (χ4n) is 1.48. The first-order valence-electron chi connectivity index (χ1n) is 6.05. The van der Waals surface area contributed by atoms with Crippen molar-refractivity contribution in [2.45, 2.75) is 19.7 Å². The van der Waals surface area contributed by atoms with Gasteiger partial charge in [0.15, 0.2) is 5.85 Å². The van der Waals surface area contributed by atoms with Crippen molar-refractivity contribution in [3.8, 4) is 0 Å². The van der Waals surface area contributed by atoms with Crippen LogP contribution in [0, 0.1) is 0 Å². The van der Waals surface area contributed by atoms with Crippen LogP contribution in [0.1, 0.15) is 13.8 Å². The number of aliphatic hydroxyl groups is 3. The maximum absolute atomic E-state index is 12.2. The average molecular weight is 285 g/mol. The average Bonchev–Trinajstić information content (AvgIpc) is 2.30. The van der Waals surface area contributed by atoms with E-state index in [1.807, 2.05) is 0 Å². The van der Waals surface area contributed by atoms with Crippen molar-refractivity contribution >= 4 is 7.60 Å². The number of hydrogen-bond acceptors (Lipinski definition) is 7. The lowest BCUT2D eigenvalue weighted by molar-refractivity contribution is 0.0945. The summed E-state index contributed by atoms with van der Waals surface area (Å²) < 4.78 is 22.3. The van der Waals surface area contributed by atoms with Gasteiger partial charge in [0.2, 0.25) is 0 Å². The number of hydrogen-bond donors (Lipinski definition) is 3. The summed E-state index contributed by atoms with van der Waals surface area (Å²) in [5, 5.41) is 27.6. The van der Waals surface area contributed by atoms with Gasteiger partial charge in [0.05, 0.1) is 26.4 Å². The van der Waals surface area contributed by atoms with Gasteiger partial charge in [-0.1, -0.05) is 0 Å². The monoisotopic (exact) mass is 285 g/mol. The Morgan fingerprint density at radius 3 is 1.89 bits per heavy atom. The maximum atomic E-state index is 12.2. The van der Waals surface area contributed by atoms with Crippen molar-refractivity contribution in [1.82, 2.24) is 4.90 Å². The summed E-state index contributed by atoms with van der Waals surface area (Å²) in [4.78, 5) is 1.59.